The van der Waals surface area contributed by atoms with Gasteiger partial charge in [-0.1, -0.05) is 18.3 Å². The van der Waals surface area contributed by atoms with Gasteiger partial charge in [-0.2, -0.15) is 0 Å². The number of rotatable bonds is 1. The van der Waals surface area contributed by atoms with Crippen LogP contribution in [0.3, 0.4) is 0 Å². The van der Waals surface area contributed by atoms with Crippen molar-refractivity contribution in [1.82, 2.24) is 0 Å². The van der Waals surface area contributed by atoms with E-state index in [1.807, 2.05) is 0 Å². The van der Waals surface area contributed by atoms with Crippen molar-refractivity contribution in [2.75, 3.05) is 0 Å². The molecule has 5 heteroatoms. The highest BCUT2D eigenvalue weighted by atomic mass is 32.1. The molecule has 1 aromatic carbocycles. The maximum atomic E-state index is 13.4. The number of halogens is 1. The molecule has 76 valence electrons. The lowest BCUT2D eigenvalue weighted by molar-refractivity contribution is 0.528. The number of benzene rings is 1. The molecule has 1 heterocycles. The maximum absolute atomic E-state index is 13.4. The van der Waals surface area contributed by atoms with Crippen molar-refractivity contribution in [2.24, 2.45) is 5.73 Å². The summed E-state index contributed by atoms with van der Waals surface area (Å²) in [6, 6.07) is 5.84. The molecule has 0 fully saturated rings. The summed E-state index contributed by atoms with van der Waals surface area (Å²) in [7, 11) is 0. The van der Waals surface area contributed by atoms with Crippen LogP contribution in [0.25, 0.3) is 11.0 Å². The maximum Gasteiger partial charge on any atom is 0.222 e. The van der Waals surface area contributed by atoms with E-state index in [0.717, 1.165) is 0 Å². The average molecular weight is 222 g/mol. The lowest BCUT2D eigenvalue weighted by Crippen LogP contribution is -2.19. The van der Waals surface area contributed by atoms with Gasteiger partial charge in [0.15, 0.2) is 0 Å². The highest BCUT2D eigenvalue weighted by molar-refractivity contribution is 7.80. The summed E-state index contributed by atoms with van der Waals surface area (Å²) in [4.78, 5) is 0.0221. The Balaban J connectivity index is 2.90. The van der Waals surface area contributed by atoms with Crippen LogP contribution in [0.1, 0.15) is 5.56 Å². The number of thiocarbonyl (C=S) groups is 1. The SMILES string of the molecule is N=c1oc2cccc(F)c2cc1C(N)=S. The molecule has 3 N–H and O–H groups in total. The summed E-state index contributed by atoms with van der Waals surface area (Å²) < 4.78 is 18.5. The molecule has 1 aromatic heterocycles. The fourth-order valence-electron chi connectivity index (χ4n) is 1.30. The fourth-order valence-corrected chi connectivity index (χ4v) is 1.46. The smallest absolute Gasteiger partial charge is 0.222 e. The zero-order chi connectivity index (χ0) is 11.0. The molecule has 0 saturated carbocycles. The molecule has 3 nitrogen and oxygen atoms in total. The molecule has 15 heavy (non-hydrogen) atoms. The van der Waals surface area contributed by atoms with Gasteiger partial charge in [-0.05, 0) is 18.2 Å². The molecule has 0 atom stereocenters. The molecule has 0 unspecified atom stereocenters. The van der Waals surface area contributed by atoms with Crippen LogP contribution in [-0.4, -0.2) is 4.99 Å². The number of hydrogen-bond donors (Lipinski definition) is 2. The fraction of sp³-hybridized carbons (Fsp3) is 0. The molecule has 0 amide bonds. The summed E-state index contributed by atoms with van der Waals surface area (Å²) >= 11 is 4.73. The Morgan fingerprint density at radius 3 is 2.87 bits per heavy atom. The van der Waals surface area contributed by atoms with E-state index >= 15 is 0 Å². The molecule has 0 aliphatic carbocycles. The summed E-state index contributed by atoms with van der Waals surface area (Å²) in [5, 5.41) is 7.77. The summed E-state index contributed by atoms with van der Waals surface area (Å²) in [6.07, 6.45) is 0. The first-order valence-electron chi connectivity index (χ1n) is 4.16. The molecule has 0 spiro atoms. The van der Waals surface area contributed by atoms with E-state index in [2.05, 4.69) is 0 Å². The van der Waals surface area contributed by atoms with E-state index in [4.69, 9.17) is 27.8 Å². The first-order valence-corrected chi connectivity index (χ1v) is 4.57. The Bertz CT molecular complexity index is 606. The van der Waals surface area contributed by atoms with Crippen molar-refractivity contribution in [2.45, 2.75) is 0 Å². The Morgan fingerprint density at radius 1 is 1.47 bits per heavy atom. The molecule has 2 rings (SSSR count). The van der Waals surface area contributed by atoms with Crippen LogP contribution in [0, 0.1) is 11.2 Å². The van der Waals surface area contributed by atoms with Crippen LogP contribution in [-0.2, 0) is 0 Å². The summed E-state index contributed by atoms with van der Waals surface area (Å²) in [5.41, 5.74) is 5.78. The van der Waals surface area contributed by atoms with Crippen LogP contribution in [0.5, 0.6) is 0 Å². The second kappa shape index (κ2) is 3.43. The Kier molecular flexibility index (Phi) is 2.24. The Hall–Kier alpha value is -1.75. The van der Waals surface area contributed by atoms with Crippen LogP contribution in [0.15, 0.2) is 28.7 Å². The largest absolute Gasteiger partial charge is 0.438 e. The van der Waals surface area contributed by atoms with E-state index in [0.29, 0.717) is 5.58 Å². The molecule has 2 aromatic rings. The van der Waals surface area contributed by atoms with E-state index in [1.165, 1.54) is 18.2 Å². The first kappa shape index (κ1) is 9.79. The van der Waals surface area contributed by atoms with Gasteiger partial charge < -0.3 is 10.2 Å². The number of fused-ring (bicyclic) bond motifs is 1. The summed E-state index contributed by atoms with van der Waals surface area (Å²) in [5.74, 6) is -0.422. The standard InChI is InChI=1S/C10H7FN2OS/c11-7-2-1-3-8-5(7)4-6(10(13)15)9(12)14-8/h1-4,12H,(H2,13,15). The minimum Gasteiger partial charge on any atom is -0.438 e. The number of nitrogens with two attached hydrogens (primary N) is 1. The topological polar surface area (TPSA) is 63.0 Å². The monoisotopic (exact) mass is 222 g/mol. The molecule has 0 aliphatic rings. The van der Waals surface area contributed by atoms with Gasteiger partial charge in [0.1, 0.15) is 16.4 Å². The lowest BCUT2D eigenvalue weighted by Gasteiger charge is -2.02. The Morgan fingerprint density at radius 2 is 2.20 bits per heavy atom. The van der Waals surface area contributed by atoms with Crippen LogP contribution < -0.4 is 11.3 Å². The van der Waals surface area contributed by atoms with Gasteiger partial charge in [-0.3, -0.25) is 5.41 Å². The van der Waals surface area contributed by atoms with Crippen LogP contribution >= 0.6 is 12.2 Å². The minimum atomic E-state index is -0.422. The predicted molar refractivity (Wildman–Crippen MR) is 57.9 cm³/mol. The van der Waals surface area contributed by atoms with Crippen molar-refractivity contribution in [3.63, 3.8) is 0 Å². The van der Waals surface area contributed by atoms with E-state index in [9.17, 15) is 4.39 Å². The van der Waals surface area contributed by atoms with Gasteiger partial charge in [-0.15, -0.1) is 0 Å². The molecule has 0 bridgehead atoms. The van der Waals surface area contributed by atoms with Crippen molar-refractivity contribution < 1.29 is 8.81 Å². The number of hydrogen-bond acceptors (Lipinski definition) is 3. The van der Waals surface area contributed by atoms with Gasteiger partial charge in [-0.25, -0.2) is 4.39 Å². The highest BCUT2D eigenvalue weighted by Crippen LogP contribution is 2.16. The highest BCUT2D eigenvalue weighted by Gasteiger charge is 2.07. The van der Waals surface area contributed by atoms with Crippen molar-refractivity contribution in [3.8, 4) is 0 Å². The minimum absolute atomic E-state index is 0.0221. The van der Waals surface area contributed by atoms with Crippen molar-refractivity contribution >= 4 is 28.2 Å². The zero-order valence-corrected chi connectivity index (χ0v) is 8.40. The van der Waals surface area contributed by atoms with E-state index in [1.54, 1.807) is 6.07 Å². The second-order valence-electron chi connectivity index (χ2n) is 3.01. The van der Waals surface area contributed by atoms with Crippen molar-refractivity contribution in [1.29, 1.82) is 5.41 Å². The van der Waals surface area contributed by atoms with Gasteiger partial charge in [0.25, 0.3) is 0 Å². The molecular formula is C10H7FN2OS. The molecular weight excluding hydrogens is 215 g/mol. The van der Waals surface area contributed by atoms with Crippen LogP contribution in [0.2, 0.25) is 0 Å². The molecule has 0 aliphatic heterocycles. The van der Waals surface area contributed by atoms with Gasteiger partial charge in [0, 0.05) is 0 Å². The third kappa shape index (κ3) is 1.61. The normalized spacial score (nSPS) is 10.5. The van der Waals surface area contributed by atoms with Crippen LogP contribution in [0.4, 0.5) is 4.39 Å². The molecule has 0 saturated heterocycles. The average Bonchev–Trinajstić information content (AvgIpc) is 2.16. The predicted octanol–water partition coefficient (Wildman–Crippen LogP) is 1.69. The zero-order valence-electron chi connectivity index (χ0n) is 7.58. The van der Waals surface area contributed by atoms with E-state index in [-0.39, 0.29) is 21.5 Å². The molecule has 0 radical (unpaired) electrons. The second-order valence-corrected chi connectivity index (χ2v) is 3.44. The van der Waals surface area contributed by atoms with E-state index < -0.39 is 5.82 Å². The van der Waals surface area contributed by atoms with Crippen molar-refractivity contribution in [3.05, 3.63) is 41.2 Å². The quantitative estimate of drug-likeness (QED) is 0.722. The third-order valence-electron chi connectivity index (χ3n) is 2.02. The van der Waals surface area contributed by atoms with Gasteiger partial charge in [0.2, 0.25) is 5.55 Å². The number of nitrogens with one attached hydrogen (secondary N) is 1. The lowest BCUT2D eigenvalue weighted by atomic mass is 10.2. The Labute approximate surface area is 89.8 Å². The first-order chi connectivity index (χ1) is 7.09. The summed E-state index contributed by atoms with van der Waals surface area (Å²) in [6.45, 7) is 0. The van der Waals surface area contributed by atoms with Gasteiger partial charge >= 0.3 is 0 Å². The third-order valence-corrected chi connectivity index (χ3v) is 2.24. The van der Waals surface area contributed by atoms with Gasteiger partial charge in [0.05, 0.1) is 10.9 Å².